The van der Waals surface area contributed by atoms with E-state index in [1.807, 2.05) is 6.92 Å². The third kappa shape index (κ3) is 3.17. The number of primary amides is 1. The molecule has 6 heteroatoms. The summed E-state index contributed by atoms with van der Waals surface area (Å²) in [6, 6.07) is 3.55. The van der Waals surface area contributed by atoms with E-state index in [0.717, 1.165) is 5.69 Å². The first-order valence-corrected chi connectivity index (χ1v) is 4.71. The summed E-state index contributed by atoms with van der Waals surface area (Å²) in [4.78, 5) is 15.0. The highest BCUT2D eigenvalue weighted by atomic mass is 32.1. The largest absolute Gasteiger partial charge is 0.389 e. The van der Waals surface area contributed by atoms with Crippen molar-refractivity contribution in [2.75, 3.05) is 11.9 Å². The van der Waals surface area contributed by atoms with Crippen molar-refractivity contribution in [2.24, 2.45) is 11.5 Å². The lowest BCUT2D eigenvalue weighted by Gasteiger charge is -2.09. The zero-order chi connectivity index (χ0) is 11.4. The Kier molecular flexibility index (Phi) is 3.56. The maximum absolute atomic E-state index is 10.6. The number of amides is 1. The van der Waals surface area contributed by atoms with Gasteiger partial charge in [-0.3, -0.25) is 4.79 Å². The molecule has 0 saturated carbocycles. The number of carbonyl (C=O) groups excluding carboxylic acids is 1. The van der Waals surface area contributed by atoms with Crippen LogP contribution in [0.3, 0.4) is 0 Å². The summed E-state index contributed by atoms with van der Waals surface area (Å²) in [5, 5.41) is 2.78. The molecule has 0 atom stereocenters. The van der Waals surface area contributed by atoms with Crippen LogP contribution in [-0.4, -0.2) is 22.4 Å². The summed E-state index contributed by atoms with van der Waals surface area (Å²) in [6.45, 7) is 1.84. The molecule has 0 aliphatic rings. The van der Waals surface area contributed by atoms with E-state index in [4.69, 9.17) is 23.7 Å². The molecule has 1 aromatic heterocycles. The van der Waals surface area contributed by atoms with Gasteiger partial charge >= 0.3 is 0 Å². The predicted molar refractivity (Wildman–Crippen MR) is 62.5 cm³/mol. The van der Waals surface area contributed by atoms with Crippen LogP contribution < -0.4 is 16.8 Å². The minimum Gasteiger partial charge on any atom is -0.389 e. The highest BCUT2D eigenvalue weighted by Gasteiger charge is 2.07. The second-order valence-electron chi connectivity index (χ2n) is 3.03. The Hall–Kier alpha value is -1.69. The normalized spacial score (nSPS) is 9.67. The molecule has 0 aliphatic heterocycles. The molecule has 0 spiro atoms. The zero-order valence-corrected chi connectivity index (χ0v) is 9.10. The zero-order valence-electron chi connectivity index (χ0n) is 8.28. The molecular weight excluding hydrogens is 212 g/mol. The molecule has 0 aliphatic carbocycles. The van der Waals surface area contributed by atoms with Gasteiger partial charge in [0.15, 0.2) is 0 Å². The van der Waals surface area contributed by atoms with Crippen LogP contribution >= 0.6 is 12.2 Å². The fourth-order valence-electron chi connectivity index (χ4n) is 1.06. The average molecular weight is 224 g/mol. The predicted octanol–water partition coefficient (Wildman–Crippen LogP) is -0.0786. The van der Waals surface area contributed by atoms with E-state index >= 15 is 0 Å². The molecule has 1 rings (SSSR count). The second-order valence-corrected chi connectivity index (χ2v) is 3.47. The van der Waals surface area contributed by atoms with Crippen molar-refractivity contribution in [1.82, 2.24) is 4.98 Å². The maximum atomic E-state index is 10.6. The first-order chi connectivity index (χ1) is 7.00. The van der Waals surface area contributed by atoms with Crippen molar-refractivity contribution < 1.29 is 4.79 Å². The molecule has 1 heterocycles. The Morgan fingerprint density at radius 1 is 1.53 bits per heavy atom. The molecule has 5 N–H and O–H groups in total. The molecule has 1 amide bonds. The topological polar surface area (TPSA) is 94.0 Å². The Morgan fingerprint density at radius 2 is 2.20 bits per heavy atom. The van der Waals surface area contributed by atoms with Gasteiger partial charge in [-0.1, -0.05) is 12.2 Å². The van der Waals surface area contributed by atoms with Crippen molar-refractivity contribution >= 4 is 28.9 Å². The number of nitrogens with zero attached hydrogens (tertiary/aromatic N) is 1. The molecule has 15 heavy (non-hydrogen) atoms. The lowest BCUT2D eigenvalue weighted by Crippen LogP contribution is -2.24. The van der Waals surface area contributed by atoms with Crippen LogP contribution in [0.1, 0.15) is 11.3 Å². The molecule has 1 aromatic rings. The van der Waals surface area contributed by atoms with E-state index in [9.17, 15) is 4.79 Å². The Balaban J connectivity index is 2.96. The Bertz CT molecular complexity index is 405. The molecule has 5 nitrogen and oxygen atoms in total. The van der Waals surface area contributed by atoms with E-state index in [1.165, 1.54) is 0 Å². The summed E-state index contributed by atoms with van der Waals surface area (Å²) >= 11 is 4.85. The van der Waals surface area contributed by atoms with E-state index in [-0.39, 0.29) is 11.5 Å². The average Bonchev–Trinajstić information content (AvgIpc) is 2.14. The van der Waals surface area contributed by atoms with Crippen LogP contribution in [0, 0.1) is 6.92 Å². The highest BCUT2D eigenvalue weighted by molar-refractivity contribution is 7.80. The summed E-state index contributed by atoms with van der Waals surface area (Å²) < 4.78 is 0. The molecule has 0 saturated heterocycles. The van der Waals surface area contributed by atoms with Gasteiger partial charge in [-0.2, -0.15) is 0 Å². The fraction of sp³-hybridized carbons (Fsp3) is 0.222. The van der Waals surface area contributed by atoms with Crippen LogP contribution in [0.15, 0.2) is 12.1 Å². The van der Waals surface area contributed by atoms with Gasteiger partial charge in [-0.25, -0.2) is 4.98 Å². The van der Waals surface area contributed by atoms with E-state index in [2.05, 4.69) is 10.3 Å². The quantitative estimate of drug-likeness (QED) is 0.622. The number of carbonyl (C=O) groups is 1. The number of anilines is 1. The van der Waals surface area contributed by atoms with Crippen LogP contribution in [0.5, 0.6) is 0 Å². The van der Waals surface area contributed by atoms with E-state index < -0.39 is 5.91 Å². The van der Waals surface area contributed by atoms with Gasteiger partial charge < -0.3 is 16.8 Å². The summed E-state index contributed by atoms with van der Waals surface area (Å²) in [7, 11) is 0. The Morgan fingerprint density at radius 3 is 2.73 bits per heavy atom. The Labute approximate surface area is 92.9 Å². The number of aryl methyl sites for hydroxylation is 1. The first kappa shape index (κ1) is 11.4. The maximum Gasteiger partial charge on any atom is 0.236 e. The van der Waals surface area contributed by atoms with E-state index in [0.29, 0.717) is 11.4 Å². The summed E-state index contributed by atoms with van der Waals surface area (Å²) in [6.07, 6.45) is 0. The monoisotopic (exact) mass is 224 g/mol. The van der Waals surface area contributed by atoms with Crippen molar-refractivity contribution in [3.63, 3.8) is 0 Å². The smallest absolute Gasteiger partial charge is 0.236 e. The molecule has 0 radical (unpaired) electrons. The molecular formula is C9H12N4OS. The molecule has 0 bridgehead atoms. The summed E-state index contributed by atoms with van der Waals surface area (Å²) in [5.41, 5.74) is 11.9. The third-order valence-electron chi connectivity index (χ3n) is 1.73. The van der Waals surface area contributed by atoms with Gasteiger partial charge in [-0.05, 0) is 19.1 Å². The molecule has 0 fully saturated rings. The van der Waals surface area contributed by atoms with Gasteiger partial charge in [0.25, 0.3) is 0 Å². The second kappa shape index (κ2) is 4.70. The van der Waals surface area contributed by atoms with Gasteiger partial charge in [0, 0.05) is 5.69 Å². The third-order valence-corrected chi connectivity index (χ3v) is 1.95. The number of pyridine rings is 1. The lowest BCUT2D eigenvalue weighted by atomic mass is 10.2. The van der Waals surface area contributed by atoms with Gasteiger partial charge in [0.2, 0.25) is 5.91 Å². The minimum absolute atomic E-state index is 0.00602. The first-order valence-electron chi connectivity index (χ1n) is 4.30. The number of rotatable bonds is 4. The number of hydrogen-bond acceptors (Lipinski definition) is 4. The standard InChI is InChI=1S/C9H12N4OS/c1-5-2-3-6(8(11)15)9(13-5)12-4-7(10)14/h2-3H,4H2,1H3,(H2,10,14)(H2,11,15)(H,12,13). The summed E-state index contributed by atoms with van der Waals surface area (Å²) in [5.74, 6) is 0.0218. The number of nitrogens with two attached hydrogens (primary N) is 2. The SMILES string of the molecule is Cc1ccc(C(N)=S)c(NCC(N)=O)n1. The van der Waals surface area contributed by atoms with Crippen molar-refractivity contribution in [2.45, 2.75) is 6.92 Å². The van der Waals surface area contributed by atoms with Crippen molar-refractivity contribution in [3.8, 4) is 0 Å². The van der Waals surface area contributed by atoms with Gasteiger partial charge in [0.1, 0.15) is 10.8 Å². The molecule has 0 unspecified atom stereocenters. The number of hydrogen-bond donors (Lipinski definition) is 3. The lowest BCUT2D eigenvalue weighted by molar-refractivity contribution is -0.116. The van der Waals surface area contributed by atoms with Crippen LogP contribution in [-0.2, 0) is 4.79 Å². The van der Waals surface area contributed by atoms with Crippen LogP contribution in [0.2, 0.25) is 0 Å². The molecule has 80 valence electrons. The number of thiocarbonyl (C=S) groups is 1. The highest BCUT2D eigenvalue weighted by Crippen LogP contribution is 2.12. The van der Waals surface area contributed by atoms with Gasteiger partial charge in [0.05, 0.1) is 12.1 Å². The number of nitrogens with one attached hydrogen (secondary N) is 1. The van der Waals surface area contributed by atoms with Gasteiger partial charge in [-0.15, -0.1) is 0 Å². The van der Waals surface area contributed by atoms with Crippen LogP contribution in [0.4, 0.5) is 5.82 Å². The van der Waals surface area contributed by atoms with Crippen LogP contribution in [0.25, 0.3) is 0 Å². The van der Waals surface area contributed by atoms with E-state index in [1.54, 1.807) is 12.1 Å². The minimum atomic E-state index is -0.466. The van der Waals surface area contributed by atoms with Crippen molar-refractivity contribution in [1.29, 1.82) is 0 Å². The fourth-order valence-corrected chi connectivity index (χ4v) is 1.23. The number of aromatic nitrogens is 1. The molecule has 0 aromatic carbocycles. The van der Waals surface area contributed by atoms with Crippen molar-refractivity contribution in [3.05, 3.63) is 23.4 Å².